The number of hydrogen-bond donors (Lipinski definition) is 3. The quantitative estimate of drug-likeness (QED) is 0.339. The van der Waals surface area contributed by atoms with Gasteiger partial charge in [0.15, 0.2) is 0 Å². The van der Waals surface area contributed by atoms with Crippen molar-refractivity contribution in [2.75, 3.05) is 0 Å². The Labute approximate surface area is 73.2 Å². The van der Waals surface area contributed by atoms with E-state index in [0.29, 0.717) is 0 Å². The van der Waals surface area contributed by atoms with E-state index in [9.17, 15) is 0 Å². The van der Waals surface area contributed by atoms with Gasteiger partial charge in [-0.2, -0.15) is 0 Å². The van der Waals surface area contributed by atoms with Crippen molar-refractivity contribution < 1.29 is 54.8 Å². The van der Waals surface area contributed by atoms with Gasteiger partial charge in [0.05, 0.1) is 0 Å². The number of rotatable bonds is 0. The third-order valence-corrected chi connectivity index (χ3v) is 0. The predicted molar refractivity (Wildman–Crippen MR) is 25.6 cm³/mol. The van der Waals surface area contributed by atoms with Crippen molar-refractivity contribution in [1.82, 2.24) is 0 Å². The van der Waals surface area contributed by atoms with Gasteiger partial charge in [0.25, 0.3) is 0 Å². The van der Waals surface area contributed by atoms with Gasteiger partial charge in [0.2, 0.25) is 0 Å². The molecule has 0 atom stereocenters. The first-order valence-corrected chi connectivity index (χ1v) is 2.35. The molecule has 0 aliphatic heterocycles. The van der Waals surface area contributed by atoms with E-state index in [1.165, 1.54) is 0 Å². The first-order chi connectivity index (χ1) is 2.00. The van der Waals surface area contributed by atoms with Crippen molar-refractivity contribution in [1.29, 1.82) is 0 Å². The van der Waals surface area contributed by atoms with Crippen molar-refractivity contribution in [3.05, 3.63) is 0 Å². The molecule has 7 heavy (non-hydrogen) atoms. The molecule has 3 N–H and O–H groups in total. The molecule has 0 spiro atoms. The molecule has 0 bridgehead atoms. The van der Waals surface area contributed by atoms with Crippen LogP contribution in [0.25, 0.3) is 0 Å². The molecule has 0 saturated carbocycles. The molecule has 43 valence electrons. The maximum atomic E-state index is 8.88. The van der Waals surface area contributed by atoms with Crippen molar-refractivity contribution >= 4 is 18.8 Å². The zero-order valence-corrected chi connectivity index (χ0v) is 7.29. The summed E-state index contributed by atoms with van der Waals surface area (Å²) in [5.74, 6) is 0. The van der Waals surface area contributed by atoms with Crippen LogP contribution in [0.5, 0.6) is 0 Å². The molecule has 0 unspecified atom stereocenters. The van der Waals surface area contributed by atoms with Crippen LogP contribution in [0.15, 0.2) is 0 Å². The van der Waals surface area contributed by atoms with E-state index in [0.717, 1.165) is 0 Å². The van der Waals surface area contributed by atoms with E-state index in [2.05, 4.69) is 0 Å². The summed E-state index contributed by atoms with van der Waals surface area (Å²) < 4.78 is 8.88. The van der Waals surface area contributed by atoms with E-state index in [1.54, 1.807) is 0 Å². The van der Waals surface area contributed by atoms with E-state index in [-0.39, 0.29) is 46.6 Å². The minimum atomic E-state index is -4.64. The van der Waals surface area contributed by atoms with Crippen LogP contribution in [-0.2, 0) is 4.57 Å². The Morgan fingerprint density at radius 2 is 1.14 bits per heavy atom. The van der Waals surface area contributed by atoms with Crippen molar-refractivity contribution in [2.24, 2.45) is 0 Å². The van der Waals surface area contributed by atoms with Gasteiger partial charge >= 0.3 is 7.82 Å². The molecular formula is H7LaO4PSi. The molecule has 0 fully saturated rings. The van der Waals surface area contributed by atoms with Crippen molar-refractivity contribution in [3.8, 4) is 0 Å². The molecule has 0 aromatic heterocycles. The fourth-order valence-corrected chi connectivity index (χ4v) is 0. The molecule has 0 aliphatic carbocycles. The van der Waals surface area contributed by atoms with Gasteiger partial charge in [-0.05, 0) is 11.0 Å². The Bertz CT molecular complexity index is 57.8. The summed E-state index contributed by atoms with van der Waals surface area (Å²) in [4.78, 5) is 21.6. The largest absolute Gasteiger partial charge is 0.466 e. The van der Waals surface area contributed by atoms with Gasteiger partial charge in [-0.15, -0.1) is 0 Å². The number of phosphoric acid groups is 1. The van der Waals surface area contributed by atoms with Crippen LogP contribution in [0, 0.1) is 35.6 Å². The van der Waals surface area contributed by atoms with Crippen molar-refractivity contribution in [2.45, 2.75) is 0 Å². The molecule has 0 aromatic rings. The van der Waals surface area contributed by atoms with Gasteiger partial charge in [-0.1, -0.05) is 0 Å². The van der Waals surface area contributed by atoms with Crippen molar-refractivity contribution in [3.63, 3.8) is 0 Å². The molecule has 0 saturated heterocycles. The predicted octanol–water partition coefficient (Wildman–Crippen LogP) is -2.38. The molecular weight excluding hydrogens is 262 g/mol. The fourth-order valence-electron chi connectivity index (χ4n) is 0. The monoisotopic (exact) mass is 269 g/mol. The molecule has 4 nitrogen and oxygen atoms in total. The maximum absolute atomic E-state index is 8.88. The second kappa shape index (κ2) is 5.65. The SMILES string of the molecule is O=P(O)(O)O.[La].[SiH4]. The average Bonchev–Trinajstić information content (AvgIpc) is 0.722. The van der Waals surface area contributed by atoms with Crippen LogP contribution in [0.1, 0.15) is 0 Å². The van der Waals surface area contributed by atoms with Gasteiger partial charge < -0.3 is 14.7 Å². The zero-order valence-electron chi connectivity index (χ0n) is 2.77. The van der Waals surface area contributed by atoms with E-state index in [1.807, 2.05) is 0 Å². The first kappa shape index (κ1) is 15.8. The first-order valence-electron chi connectivity index (χ1n) is 0.783. The van der Waals surface area contributed by atoms with Crippen LogP contribution in [0.2, 0.25) is 0 Å². The Hall–Kier alpha value is 1.52. The summed E-state index contributed by atoms with van der Waals surface area (Å²) in [5.41, 5.74) is 0. The summed E-state index contributed by atoms with van der Waals surface area (Å²) in [5, 5.41) is 0. The summed E-state index contributed by atoms with van der Waals surface area (Å²) in [6.45, 7) is 0. The van der Waals surface area contributed by atoms with Crippen LogP contribution in [-0.4, -0.2) is 25.6 Å². The molecule has 7 heteroatoms. The van der Waals surface area contributed by atoms with Gasteiger partial charge in [-0.3, -0.25) is 0 Å². The molecule has 0 aromatic carbocycles. The molecule has 0 amide bonds. The van der Waals surface area contributed by atoms with Crippen LogP contribution < -0.4 is 0 Å². The Balaban J connectivity index is -0.0000000800. The molecule has 1 radical (unpaired) electrons. The number of hydrogen-bond acceptors (Lipinski definition) is 1. The molecule has 0 rings (SSSR count). The molecule has 0 aliphatic rings. The van der Waals surface area contributed by atoms with E-state index < -0.39 is 7.82 Å². The topological polar surface area (TPSA) is 77.8 Å². The minimum absolute atomic E-state index is 0. The van der Waals surface area contributed by atoms with Crippen LogP contribution in [0.3, 0.4) is 0 Å². The van der Waals surface area contributed by atoms with Gasteiger partial charge in [-0.25, -0.2) is 4.57 Å². The Morgan fingerprint density at radius 1 is 1.14 bits per heavy atom. The van der Waals surface area contributed by atoms with Gasteiger partial charge in [0.1, 0.15) is 0 Å². The summed E-state index contributed by atoms with van der Waals surface area (Å²) in [6, 6.07) is 0. The standard InChI is InChI=1S/La.H3O4P.H4Si/c;1-5(2,3)4;/h;(H3,1,2,3,4);1H4. The normalized spacial score (nSPS) is 8.43. The third-order valence-electron chi connectivity index (χ3n) is 0. The smallest absolute Gasteiger partial charge is 0.303 e. The summed E-state index contributed by atoms with van der Waals surface area (Å²) in [6.07, 6.45) is 0. The third kappa shape index (κ3) is 99.0. The summed E-state index contributed by atoms with van der Waals surface area (Å²) >= 11 is 0. The Kier molecular flexibility index (Phi) is 12.8. The summed E-state index contributed by atoms with van der Waals surface area (Å²) in [7, 11) is -4.64. The van der Waals surface area contributed by atoms with E-state index in [4.69, 9.17) is 19.2 Å². The second-order valence-corrected chi connectivity index (χ2v) is 1.54. The maximum Gasteiger partial charge on any atom is 0.466 e. The van der Waals surface area contributed by atoms with Crippen LogP contribution >= 0.6 is 7.82 Å². The fraction of sp³-hybridized carbons (Fsp3) is 0. The average molecular weight is 269 g/mol. The van der Waals surface area contributed by atoms with Gasteiger partial charge in [0, 0.05) is 35.6 Å². The molecule has 0 heterocycles. The Morgan fingerprint density at radius 3 is 1.14 bits per heavy atom. The second-order valence-electron chi connectivity index (χ2n) is 0.513. The zero-order chi connectivity index (χ0) is 4.50. The van der Waals surface area contributed by atoms with E-state index >= 15 is 0 Å². The minimum Gasteiger partial charge on any atom is -0.303 e. The van der Waals surface area contributed by atoms with Crippen LogP contribution in [0.4, 0.5) is 0 Å².